The third-order valence-corrected chi connectivity index (χ3v) is 5.88. The maximum absolute atomic E-state index is 13.9. The Labute approximate surface area is 170 Å². The zero-order chi connectivity index (χ0) is 19.7. The van der Waals surface area contributed by atoms with Crippen molar-refractivity contribution in [1.29, 1.82) is 0 Å². The van der Waals surface area contributed by atoms with E-state index in [0.717, 1.165) is 48.3 Å². The van der Waals surface area contributed by atoms with Crippen LogP contribution in [-0.4, -0.2) is 24.4 Å². The lowest BCUT2D eigenvalue weighted by Crippen LogP contribution is -2.47. The molecule has 2 aliphatic heterocycles. The lowest BCUT2D eigenvalue weighted by molar-refractivity contribution is 0.0376. The number of halogens is 1. The fourth-order valence-electron chi connectivity index (χ4n) is 4.43. The monoisotopic (exact) mass is 386 g/mol. The Balaban J connectivity index is 1.68. The van der Waals surface area contributed by atoms with E-state index in [1.807, 2.05) is 42.5 Å². The summed E-state index contributed by atoms with van der Waals surface area (Å²) in [4.78, 5) is 5.31. The molecule has 2 aliphatic rings. The van der Waals surface area contributed by atoms with Gasteiger partial charge in [0.15, 0.2) is 0 Å². The zero-order valence-electron chi connectivity index (χ0n) is 16.1. The molecule has 4 heteroatoms. The standard InChI is InChI=1S/C25H23FN2O/c26-20-11-12-21-22(17-20)29-25(13-15-27-16-14-25)24(21)28-23(18-7-3-1-4-8-18)19-9-5-2-6-10-19/h1-12,17,24,27H,13-16H2. The van der Waals surface area contributed by atoms with E-state index in [1.54, 1.807) is 0 Å². The first-order valence-corrected chi connectivity index (χ1v) is 10.1. The topological polar surface area (TPSA) is 33.6 Å². The molecule has 0 amide bonds. The highest BCUT2D eigenvalue weighted by atomic mass is 19.1. The van der Waals surface area contributed by atoms with Crippen molar-refractivity contribution < 1.29 is 9.13 Å². The molecule has 3 aromatic rings. The van der Waals surface area contributed by atoms with Gasteiger partial charge in [0.05, 0.1) is 5.71 Å². The number of ether oxygens (including phenoxy) is 1. The van der Waals surface area contributed by atoms with Crippen molar-refractivity contribution in [3.8, 4) is 5.75 Å². The number of hydrogen-bond donors (Lipinski definition) is 1. The molecule has 1 saturated heterocycles. The summed E-state index contributed by atoms with van der Waals surface area (Å²) in [6.45, 7) is 1.74. The molecule has 3 nitrogen and oxygen atoms in total. The van der Waals surface area contributed by atoms with Crippen LogP contribution in [0.15, 0.2) is 83.9 Å². The average Bonchev–Trinajstić information content (AvgIpc) is 3.05. The van der Waals surface area contributed by atoms with E-state index in [-0.39, 0.29) is 11.9 Å². The van der Waals surface area contributed by atoms with E-state index < -0.39 is 5.60 Å². The molecule has 1 atom stereocenters. The predicted molar refractivity (Wildman–Crippen MR) is 113 cm³/mol. The fraction of sp³-hybridized carbons (Fsp3) is 0.240. The van der Waals surface area contributed by atoms with Crippen LogP contribution < -0.4 is 10.1 Å². The maximum Gasteiger partial charge on any atom is 0.138 e. The SMILES string of the molecule is Fc1ccc2c(c1)OC1(CCNCC1)C2N=C(c1ccccc1)c1ccccc1. The van der Waals surface area contributed by atoms with Gasteiger partial charge in [-0.1, -0.05) is 66.7 Å². The van der Waals surface area contributed by atoms with Gasteiger partial charge >= 0.3 is 0 Å². The van der Waals surface area contributed by atoms with Crippen LogP contribution in [0.2, 0.25) is 0 Å². The van der Waals surface area contributed by atoms with Gasteiger partial charge in [-0.05, 0) is 19.2 Å². The molecule has 29 heavy (non-hydrogen) atoms. The molecule has 0 saturated carbocycles. The molecule has 0 aromatic heterocycles. The molecule has 146 valence electrons. The average molecular weight is 386 g/mol. The lowest BCUT2D eigenvalue weighted by atomic mass is 9.83. The molecule has 0 radical (unpaired) electrons. The molecule has 3 aromatic carbocycles. The summed E-state index contributed by atoms with van der Waals surface area (Å²) in [7, 11) is 0. The van der Waals surface area contributed by atoms with Crippen LogP contribution in [0.25, 0.3) is 0 Å². The van der Waals surface area contributed by atoms with Gasteiger partial charge in [0.2, 0.25) is 0 Å². The fourth-order valence-corrected chi connectivity index (χ4v) is 4.43. The molecule has 1 unspecified atom stereocenters. The van der Waals surface area contributed by atoms with Crippen molar-refractivity contribution in [1.82, 2.24) is 5.32 Å². The van der Waals surface area contributed by atoms with E-state index in [4.69, 9.17) is 9.73 Å². The second kappa shape index (κ2) is 7.45. The van der Waals surface area contributed by atoms with Crippen LogP contribution in [0.3, 0.4) is 0 Å². The van der Waals surface area contributed by atoms with E-state index in [0.29, 0.717) is 5.75 Å². The van der Waals surface area contributed by atoms with Gasteiger partial charge < -0.3 is 10.1 Å². The van der Waals surface area contributed by atoms with Gasteiger partial charge in [-0.25, -0.2) is 4.39 Å². The Kier molecular flexibility index (Phi) is 4.64. The van der Waals surface area contributed by atoms with Gasteiger partial charge in [0.1, 0.15) is 23.2 Å². The highest BCUT2D eigenvalue weighted by Gasteiger charge is 2.49. The van der Waals surface area contributed by atoms with Crippen molar-refractivity contribution in [2.45, 2.75) is 24.5 Å². The van der Waals surface area contributed by atoms with E-state index in [2.05, 4.69) is 29.6 Å². The van der Waals surface area contributed by atoms with Crippen LogP contribution in [0, 0.1) is 5.82 Å². The molecule has 0 bridgehead atoms. The lowest BCUT2D eigenvalue weighted by Gasteiger charge is -2.36. The van der Waals surface area contributed by atoms with Gasteiger partial charge in [-0.3, -0.25) is 4.99 Å². The summed E-state index contributed by atoms with van der Waals surface area (Å²) in [5.41, 5.74) is 3.61. The molecule has 0 aliphatic carbocycles. The Morgan fingerprint density at radius 2 is 1.52 bits per heavy atom. The number of aliphatic imine (C=N–C) groups is 1. The minimum absolute atomic E-state index is 0.171. The summed E-state index contributed by atoms with van der Waals surface area (Å²) in [5, 5.41) is 3.41. The first-order chi connectivity index (χ1) is 14.3. The molecular formula is C25H23FN2O. The zero-order valence-corrected chi connectivity index (χ0v) is 16.1. The highest BCUT2D eigenvalue weighted by molar-refractivity contribution is 6.13. The summed E-state index contributed by atoms with van der Waals surface area (Å²) >= 11 is 0. The normalized spacial score (nSPS) is 19.4. The molecule has 1 N–H and O–H groups in total. The van der Waals surface area contributed by atoms with Crippen molar-refractivity contribution in [3.05, 3.63) is 101 Å². The van der Waals surface area contributed by atoms with Crippen LogP contribution in [0.1, 0.15) is 35.6 Å². The van der Waals surface area contributed by atoms with Crippen LogP contribution in [-0.2, 0) is 0 Å². The van der Waals surface area contributed by atoms with Crippen LogP contribution in [0.5, 0.6) is 5.75 Å². The van der Waals surface area contributed by atoms with Crippen molar-refractivity contribution in [3.63, 3.8) is 0 Å². The quantitative estimate of drug-likeness (QED) is 0.649. The summed E-state index contributed by atoms with van der Waals surface area (Å²) in [6, 6.07) is 25.2. The van der Waals surface area contributed by atoms with Gasteiger partial charge in [0.25, 0.3) is 0 Å². The third kappa shape index (κ3) is 3.34. The Bertz CT molecular complexity index is 986. The number of hydrogen-bond acceptors (Lipinski definition) is 3. The first-order valence-electron chi connectivity index (χ1n) is 10.1. The Morgan fingerprint density at radius 3 is 2.14 bits per heavy atom. The number of fused-ring (bicyclic) bond motifs is 1. The predicted octanol–water partition coefficient (Wildman–Crippen LogP) is 4.92. The molecule has 5 rings (SSSR count). The summed E-state index contributed by atoms with van der Waals surface area (Å²) < 4.78 is 20.3. The van der Waals surface area contributed by atoms with Crippen molar-refractivity contribution in [2.24, 2.45) is 4.99 Å². The molecule has 1 spiro atoms. The second-order valence-electron chi connectivity index (χ2n) is 7.71. The van der Waals surface area contributed by atoms with E-state index in [1.165, 1.54) is 12.1 Å². The Hall–Kier alpha value is -2.98. The minimum Gasteiger partial charge on any atom is -0.484 e. The van der Waals surface area contributed by atoms with Crippen molar-refractivity contribution >= 4 is 5.71 Å². The summed E-state index contributed by atoms with van der Waals surface area (Å²) in [5.74, 6) is 0.352. The smallest absolute Gasteiger partial charge is 0.138 e. The molecule has 1 fully saturated rings. The van der Waals surface area contributed by atoms with Gasteiger partial charge in [0, 0.05) is 35.6 Å². The van der Waals surface area contributed by atoms with E-state index in [9.17, 15) is 4.39 Å². The van der Waals surface area contributed by atoms with Gasteiger partial charge in [-0.15, -0.1) is 0 Å². The van der Waals surface area contributed by atoms with E-state index >= 15 is 0 Å². The molecular weight excluding hydrogens is 363 g/mol. The number of rotatable bonds is 3. The van der Waals surface area contributed by atoms with Crippen LogP contribution in [0.4, 0.5) is 4.39 Å². The number of nitrogens with zero attached hydrogens (tertiary/aromatic N) is 1. The first kappa shape index (κ1) is 18.1. The number of benzene rings is 3. The minimum atomic E-state index is -0.434. The number of nitrogens with one attached hydrogen (secondary N) is 1. The van der Waals surface area contributed by atoms with Gasteiger partial charge in [-0.2, -0.15) is 0 Å². The summed E-state index contributed by atoms with van der Waals surface area (Å²) in [6.07, 6.45) is 1.68. The Morgan fingerprint density at radius 1 is 0.897 bits per heavy atom. The van der Waals surface area contributed by atoms with Crippen molar-refractivity contribution in [2.75, 3.05) is 13.1 Å². The number of piperidine rings is 1. The maximum atomic E-state index is 13.9. The largest absolute Gasteiger partial charge is 0.484 e. The second-order valence-corrected chi connectivity index (χ2v) is 7.71. The molecule has 2 heterocycles. The highest BCUT2D eigenvalue weighted by Crippen LogP contribution is 2.50. The van der Waals surface area contributed by atoms with Crippen LogP contribution >= 0.6 is 0 Å². The third-order valence-electron chi connectivity index (χ3n) is 5.88.